The minimum absolute atomic E-state index is 0.201. The molecule has 1 aromatic heterocycles. The second-order valence-electron chi connectivity index (χ2n) is 4.92. The lowest BCUT2D eigenvalue weighted by Crippen LogP contribution is -2.22. The van der Waals surface area contributed by atoms with Crippen LogP contribution >= 0.6 is 11.6 Å². The number of aromatic nitrogens is 2. The summed E-state index contributed by atoms with van der Waals surface area (Å²) in [5.74, 6) is 1.17. The zero-order chi connectivity index (χ0) is 12.5. The number of hydrogen-bond acceptors (Lipinski definition) is 4. The summed E-state index contributed by atoms with van der Waals surface area (Å²) in [7, 11) is 0. The Morgan fingerprint density at radius 1 is 1.53 bits per heavy atom. The molecule has 0 bridgehead atoms. The normalized spacial score (nSPS) is 16.9. The van der Waals surface area contributed by atoms with Gasteiger partial charge in [0.15, 0.2) is 6.29 Å². The van der Waals surface area contributed by atoms with E-state index < -0.39 is 0 Å². The average molecular weight is 254 g/mol. The van der Waals surface area contributed by atoms with Crippen molar-refractivity contribution in [3.05, 3.63) is 17.0 Å². The van der Waals surface area contributed by atoms with Crippen LogP contribution in [0.2, 0.25) is 5.15 Å². The largest absolute Gasteiger partial charge is 0.369 e. The molecule has 92 valence electrons. The first kappa shape index (κ1) is 12.3. The molecule has 2 rings (SSSR count). The highest BCUT2D eigenvalue weighted by Crippen LogP contribution is 2.51. The van der Waals surface area contributed by atoms with Crippen molar-refractivity contribution in [2.75, 3.05) is 11.9 Å². The number of carbonyl (C=O) groups is 1. The van der Waals surface area contributed by atoms with E-state index >= 15 is 0 Å². The number of aldehydes is 1. The topological polar surface area (TPSA) is 54.9 Å². The molecule has 1 heterocycles. The van der Waals surface area contributed by atoms with Gasteiger partial charge in [-0.2, -0.15) is 0 Å². The van der Waals surface area contributed by atoms with Gasteiger partial charge in [-0.05, 0) is 24.2 Å². The van der Waals surface area contributed by atoms with Gasteiger partial charge < -0.3 is 5.32 Å². The molecule has 0 atom stereocenters. The van der Waals surface area contributed by atoms with Crippen molar-refractivity contribution in [3.8, 4) is 0 Å². The fraction of sp³-hybridized carbons (Fsp3) is 0.583. The Morgan fingerprint density at radius 3 is 2.76 bits per heavy atom. The molecule has 17 heavy (non-hydrogen) atoms. The summed E-state index contributed by atoms with van der Waals surface area (Å²) < 4.78 is 0. The lowest BCUT2D eigenvalue weighted by Gasteiger charge is -2.20. The summed E-state index contributed by atoms with van der Waals surface area (Å²) in [6.07, 6.45) is 4.52. The van der Waals surface area contributed by atoms with Crippen molar-refractivity contribution in [3.63, 3.8) is 0 Å². The lowest BCUT2D eigenvalue weighted by molar-refractivity contribution is 0.112. The Kier molecular flexibility index (Phi) is 3.33. The predicted octanol–water partition coefficient (Wildman–Crippen LogP) is 2.79. The van der Waals surface area contributed by atoms with Crippen LogP contribution in [-0.2, 0) is 0 Å². The number of carbonyl (C=O) groups excluding carboxylic acids is 1. The number of halogens is 1. The summed E-state index contributed by atoms with van der Waals surface area (Å²) in [6, 6.07) is 0. The van der Waals surface area contributed by atoms with Gasteiger partial charge in [-0.25, -0.2) is 9.97 Å². The molecular formula is C12H16ClN3O. The molecule has 1 aromatic rings. The Morgan fingerprint density at radius 2 is 2.24 bits per heavy atom. The molecule has 0 aromatic carbocycles. The van der Waals surface area contributed by atoms with E-state index in [1.54, 1.807) is 0 Å². The van der Waals surface area contributed by atoms with Crippen LogP contribution in [0.5, 0.6) is 0 Å². The summed E-state index contributed by atoms with van der Waals surface area (Å²) in [6.45, 7) is 5.28. The third kappa shape index (κ3) is 2.41. The maximum atomic E-state index is 10.9. The second-order valence-corrected chi connectivity index (χ2v) is 5.27. The van der Waals surface area contributed by atoms with Crippen LogP contribution in [-0.4, -0.2) is 22.8 Å². The number of nitrogens with one attached hydrogen (secondary N) is 1. The number of hydrogen-bond donors (Lipinski definition) is 1. The first-order valence-corrected chi connectivity index (χ1v) is 6.16. The van der Waals surface area contributed by atoms with E-state index in [1.165, 1.54) is 19.2 Å². The van der Waals surface area contributed by atoms with Crippen molar-refractivity contribution in [2.45, 2.75) is 26.7 Å². The lowest BCUT2D eigenvalue weighted by atomic mass is 9.92. The molecule has 1 aliphatic carbocycles. The first-order valence-electron chi connectivity index (χ1n) is 5.78. The van der Waals surface area contributed by atoms with E-state index in [2.05, 4.69) is 29.1 Å². The van der Waals surface area contributed by atoms with E-state index in [0.29, 0.717) is 29.0 Å². The van der Waals surface area contributed by atoms with E-state index in [1.807, 2.05) is 0 Å². The molecule has 0 aliphatic heterocycles. The van der Waals surface area contributed by atoms with Crippen molar-refractivity contribution in [2.24, 2.45) is 11.3 Å². The molecular weight excluding hydrogens is 238 g/mol. The standard InChI is InChI=1S/C12H16ClN3O/c1-8(2)12(3-4-12)6-14-11-9(5-17)10(13)15-7-16-11/h5,7-8H,3-4,6H2,1-2H3,(H,14,15,16). The fourth-order valence-corrected chi connectivity index (χ4v) is 2.18. The molecule has 0 saturated heterocycles. The highest BCUT2D eigenvalue weighted by Gasteiger charge is 2.45. The van der Waals surface area contributed by atoms with Crippen LogP contribution < -0.4 is 5.32 Å². The van der Waals surface area contributed by atoms with Crippen LogP contribution in [0.1, 0.15) is 37.0 Å². The summed E-state index contributed by atoms with van der Waals surface area (Å²) in [5.41, 5.74) is 0.700. The molecule has 1 saturated carbocycles. The zero-order valence-electron chi connectivity index (χ0n) is 10.0. The predicted molar refractivity (Wildman–Crippen MR) is 67.4 cm³/mol. The van der Waals surface area contributed by atoms with Crippen LogP contribution in [0.15, 0.2) is 6.33 Å². The Labute approximate surface area is 106 Å². The minimum Gasteiger partial charge on any atom is -0.369 e. The maximum Gasteiger partial charge on any atom is 0.156 e. The molecule has 1 fully saturated rings. The third-order valence-electron chi connectivity index (χ3n) is 3.68. The molecule has 0 amide bonds. The average Bonchev–Trinajstić information content (AvgIpc) is 3.07. The smallest absolute Gasteiger partial charge is 0.156 e. The SMILES string of the molecule is CC(C)C1(CNc2ncnc(Cl)c2C=O)CC1. The van der Waals surface area contributed by atoms with E-state index in [0.717, 1.165) is 6.54 Å². The molecule has 1 N–H and O–H groups in total. The van der Waals surface area contributed by atoms with Gasteiger partial charge in [0.2, 0.25) is 0 Å². The summed E-state index contributed by atoms with van der Waals surface area (Å²) in [5, 5.41) is 3.42. The quantitative estimate of drug-likeness (QED) is 0.648. The van der Waals surface area contributed by atoms with E-state index in [-0.39, 0.29) is 5.15 Å². The van der Waals surface area contributed by atoms with Gasteiger partial charge in [-0.3, -0.25) is 4.79 Å². The van der Waals surface area contributed by atoms with Gasteiger partial charge in [0.25, 0.3) is 0 Å². The number of nitrogens with zero attached hydrogens (tertiary/aromatic N) is 2. The van der Waals surface area contributed by atoms with Gasteiger partial charge in [-0.15, -0.1) is 0 Å². The van der Waals surface area contributed by atoms with E-state index in [4.69, 9.17) is 11.6 Å². The van der Waals surface area contributed by atoms with Gasteiger partial charge >= 0.3 is 0 Å². The molecule has 1 aliphatic rings. The summed E-state index contributed by atoms with van der Waals surface area (Å²) >= 11 is 5.84. The van der Waals surface area contributed by atoms with Crippen LogP contribution in [0.25, 0.3) is 0 Å². The molecule has 0 radical (unpaired) electrons. The monoisotopic (exact) mass is 253 g/mol. The van der Waals surface area contributed by atoms with Crippen LogP contribution in [0.4, 0.5) is 5.82 Å². The molecule has 0 spiro atoms. The molecule has 0 unspecified atom stereocenters. The van der Waals surface area contributed by atoms with E-state index in [9.17, 15) is 4.79 Å². The molecule has 5 heteroatoms. The van der Waals surface area contributed by atoms with Gasteiger partial charge in [-0.1, -0.05) is 25.4 Å². The highest BCUT2D eigenvalue weighted by atomic mass is 35.5. The fourth-order valence-electron chi connectivity index (χ4n) is 2.00. The minimum atomic E-state index is 0.201. The third-order valence-corrected chi connectivity index (χ3v) is 3.98. The number of anilines is 1. The van der Waals surface area contributed by atoms with Crippen molar-refractivity contribution in [1.82, 2.24) is 9.97 Å². The highest BCUT2D eigenvalue weighted by molar-refractivity contribution is 6.32. The van der Waals surface area contributed by atoms with Crippen molar-refractivity contribution in [1.29, 1.82) is 0 Å². The Balaban J connectivity index is 2.09. The van der Waals surface area contributed by atoms with Gasteiger partial charge in [0, 0.05) is 6.54 Å². The first-order chi connectivity index (χ1) is 8.09. The van der Waals surface area contributed by atoms with Crippen LogP contribution in [0, 0.1) is 11.3 Å². The van der Waals surface area contributed by atoms with Gasteiger partial charge in [0.1, 0.15) is 17.3 Å². The zero-order valence-corrected chi connectivity index (χ0v) is 10.8. The molecule has 4 nitrogen and oxygen atoms in total. The van der Waals surface area contributed by atoms with Crippen molar-refractivity contribution < 1.29 is 4.79 Å². The Bertz CT molecular complexity index is 430. The van der Waals surface area contributed by atoms with Crippen LogP contribution in [0.3, 0.4) is 0 Å². The second kappa shape index (κ2) is 4.61. The van der Waals surface area contributed by atoms with Crippen molar-refractivity contribution >= 4 is 23.7 Å². The summed E-state index contributed by atoms with van der Waals surface area (Å²) in [4.78, 5) is 18.8. The number of rotatable bonds is 5. The maximum absolute atomic E-state index is 10.9. The van der Waals surface area contributed by atoms with Gasteiger partial charge in [0.05, 0.1) is 5.56 Å². The Hall–Kier alpha value is -1.16.